The SMILES string of the molecule is CCc1cc2c(N3CCC(C)CC3CN)ncnc2s1. The molecule has 0 spiro atoms. The molecular formula is C15H22N4S. The van der Waals surface area contributed by atoms with Gasteiger partial charge in [0, 0.05) is 24.0 Å². The quantitative estimate of drug-likeness (QED) is 0.944. The van der Waals surface area contributed by atoms with Gasteiger partial charge in [-0.05, 0) is 31.2 Å². The molecule has 0 aliphatic carbocycles. The zero-order valence-corrected chi connectivity index (χ0v) is 13.0. The molecule has 2 aromatic heterocycles. The molecule has 3 heterocycles. The number of rotatable bonds is 3. The summed E-state index contributed by atoms with van der Waals surface area (Å²) in [5.74, 6) is 1.83. The van der Waals surface area contributed by atoms with Gasteiger partial charge in [0.2, 0.25) is 0 Å². The summed E-state index contributed by atoms with van der Waals surface area (Å²) < 4.78 is 0. The predicted octanol–water partition coefficient (Wildman–Crippen LogP) is 2.82. The third kappa shape index (κ3) is 2.40. The fraction of sp³-hybridized carbons (Fsp3) is 0.600. The number of piperidine rings is 1. The van der Waals surface area contributed by atoms with Gasteiger partial charge >= 0.3 is 0 Å². The zero-order valence-electron chi connectivity index (χ0n) is 12.2. The van der Waals surface area contributed by atoms with Crippen molar-refractivity contribution in [2.24, 2.45) is 11.7 Å². The van der Waals surface area contributed by atoms with Crippen LogP contribution in [0.15, 0.2) is 12.4 Å². The highest BCUT2D eigenvalue weighted by molar-refractivity contribution is 7.18. The third-order valence-corrected chi connectivity index (χ3v) is 5.42. The monoisotopic (exact) mass is 290 g/mol. The number of anilines is 1. The van der Waals surface area contributed by atoms with Crippen LogP contribution in [0.3, 0.4) is 0 Å². The smallest absolute Gasteiger partial charge is 0.141 e. The molecule has 2 N–H and O–H groups in total. The van der Waals surface area contributed by atoms with E-state index >= 15 is 0 Å². The second-order valence-corrected chi connectivity index (χ2v) is 6.81. The van der Waals surface area contributed by atoms with Crippen molar-refractivity contribution < 1.29 is 0 Å². The Labute approximate surface area is 124 Å². The number of hydrogen-bond donors (Lipinski definition) is 1. The fourth-order valence-corrected chi connectivity index (χ4v) is 3.98. The second-order valence-electron chi connectivity index (χ2n) is 5.69. The van der Waals surface area contributed by atoms with Crippen molar-refractivity contribution in [3.63, 3.8) is 0 Å². The minimum absolute atomic E-state index is 0.404. The maximum Gasteiger partial charge on any atom is 0.141 e. The lowest BCUT2D eigenvalue weighted by molar-refractivity contribution is 0.365. The molecule has 2 atom stereocenters. The van der Waals surface area contributed by atoms with Gasteiger partial charge in [0.05, 0.1) is 5.39 Å². The van der Waals surface area contributed by atoms with Crippen LogP contribution in [0.2, 0.25) is 0 Å². The Balaban J connectivity index is 2.02. The molecular weight excluding hydrogens is 268 g/mol. The first-order valence-corrected chi connectivity index (χ1v) is 8.24. The number of nitrogens with two attached hydrogens (primary N) is 1. The van der Waals surface area contributed by atoms with E-state index in [2.05, 4.69) is 34.8 Å². The largest absolute Gasteiger partial charge is 0.352 e. The van der Waals surface area contributed by atoms with Crippen molar-refractivity contribution in [2.45, 2.75) is 39.2 Å². The van der Waals surface area contributed by atoms with Crippen LogP contribution < -0.4 is 10.6 Å². The lowest BCUT2D eigenvalue weighted by atomic mass is 9.92. The van der Waals surface area contributed by atoms with Gasteiger partial charge in [0.1, 0.15) is 17.0 Å². The molecule has 0 saturated carbocycles. The van der Waals surface area contributed by atoms with Crippen LogP contribution >= 0.6 is 11.3 Å². The summed E-state index contributed by atoms with van der Waals surface area (Å²) in [6.07, 6.45) is 5.12. The number of nitrogens with zero attached hydrogens (tertiary/aromatic N) is 3. The molecule has 108 valence electrons. The first-order chi connectivity index (χ1) is 9.72. The molecule has 1 fully saturated rings. The van der Waals surface area contributed by atoms with Gasteiger partial charge in [0.25, 0.3) is 0 Å². The Morgan fingerprint density at radius 3 is 3.05 bits per heavy atom. The zero-order chi connectivity index (χ0) is 14.1. The van der Waals surface area contributed by atoms with Gasteiger partial charge < -0.3 is 10.6 Å². The van der Waals surface area contributed by atoms with E-state index in [0.29, 0.717) is 12.6 Å². The van der Waals surface area contributed by atoms with Gasteiger partial charge in [-0.1, -0.05) is 13.8 Å². The van der Waals surface area contributed by atoms with Crippen molar-refractivity contribution in [2.75, 3.05) is 18.0 Å². The molecule has 1 aliphatic rings. The molecule has 5 heteroatoms. The fourth-order valence-electron chi connectivity index (χ4n) is 3.05. The van der Waals surface area contributed by atoms with Crippen LogP contribution in [-0.2, 0) is 6.42 Å². The molecule has 2 aromatic rings. The van der Waals surface area contributed by atoms with Crippen molar-refractivity contribution in [3.8, 4) is 0 Å². The summed E-state index contributed by atoms with van der Waals surface area (Å²) in [4.78, 5) is 13.9. The van der Waals surface area contributed by atoms with Gasteiger partial charge in [-0.3, -0.25) is 0 Å². The Kier molecular flexibility index (Phi) is 3.89. The molecule has 3 rings (SSSR count). The van der Waals surface area contributed by atoms with E-state index < -0.39 is 0 Å². The topological polar surface area (TPSA) is 55.0 Å². The molecule has 1 saturated heterocycles. The Hall–Kier alpha value is -1.20. The van der Waals surface area contributed by atoms with E-state index in [1.54, 1.807) is 17.7 Å². The summed E-state index contributed by atoms with van der Waals surface area (Å²) in [5, 5.41) is 1.20. The summed E-state index contributed by atoms with van der Waals surface area (Å²) in [6, 6.07) is 2.66. The van der Waals surface area contributed by atoms with Gasteiger partial charge in [-0.15, -0.1) is 11.3 Å². The van der Waals surface area contributed by atoms with E-state index in [-0.39, 0.29) is 0 Å². The first kappa shape index (κ1) is 13.8. The molecule has 2 unspecified atom stereocenters. The first-order valence-electron chi connectivity index (χ1n) is 7.43. The molecule has 0 amide bonds. The van der Waals surface area contributed by atoms with Crippen molar-refractivity contribution in [1.82, 2.24) is 9.97 Å². The lowest BCUT2D eigenvalue weighted by Gasteiger charge is -2.39. The number of fused-ring (bicyclic) bond motifs is 1. The Morgan fingerprint density at radius 2 is 2.30 bits per heavy atom. The number of aryl methyl sites for hydroxylation is 1. The third-order valence-electron chi connectivity index (χ3n) is 4.23. The van der Waals surface area contributed by atoms with Crippen molar-refractivity contribution >= 4 is 27.4 Å². The van der Waals surface area contributed by atoms with E-state index in [1.807, 2.05) is 0 Å². The normalized spacial score (nSPS) is 23.4. The summed E-state index contributed by atoms with van der Waals surface area (Å²) in [7, 11) is 0. The minimum atomic E-state index is 0.404. The average Bonchev–Trinajstić information content (AvgIpc) is 2.90. The van der Waals surface area contributed by atoms with Crippen LogP contribution in [0.5, 0.6) is 0 Å². The number of thiophene rings is 1. The van der Waals surface area contributed by atoms with Crippen LogP contribution in [0.1, 0.15) is 31.6 Å². The Morgan fingerprint density at radius 1 is 1.45 bits per heavy atom. The highest BCUT2D eigenvalue weighted by Gasteiger charge is 2.27. The Bertz CT molecular complexity index is 595. The molecule has 4 nitrogen and oxygen atoms in total. The minimum Gasteiger partial charge on any atom is -0.352 e. The highest BCUT2D eigenvalue weighted by Crippen LogP contribution is 2.34. The standard InChI is InChI=1S/C15H22N4S/c1-3-12-7-13-14(17-9-18-15(13)20-12)19-5-4-10(2)6-11(19)8-16/h7,9-11H,3-6,8,16H2,1-2H3. The molecule has 20 heavy (non-hydrogen) atoms. The van der Waals surface area contributed by atoms with Crippen molar-refractivity contribution in [1.29, 1.82) is 0 Å². The number of aromatic nitrogens is 2. The maximum atomic E-state index is 5.99. The lowest BCUT2D eigenvalue weighted by Crippen LogP contribution is -2.46. The average molecular weight is 290 g/mol. The second kappa shape index (κ2) is 5.66. The van der Waals surface area contributed by atoms with Crippen molar-refractivity contribution in [3.05, 3.63) is 17.3 Å². The summed E-state index contributed by atoms with van der Waals surface area (Å²) in [5.41, 5.74) is 5.99. The van der Waals surface area contributed by atoms with Crippen LogP contribution in [0.25, 0.3) is 10.2 Å². The van der Waals surface area contributed by atoms with E-state index in [4.69, 9.17) is 5.73 Å². The van der Waals surface area contributed by atoms with Gasteiger partial charge in [0.15, 0.2) is 0 Å². The van der Waals surface area contributed by atoms with Gasteiger partial charge in [-0.2, -0.15) is 0 Å². The maximum absolute atomic E-state index is 5.99. The molecule has 0 aromatic carbocycles. The van der Waals surface area contributed by atoms with Crippen LogP contribution in [-0.4, -0.2) is 29.1 Å². The molecule has 1 aliphatic heterocycles. The molecule has 0 radical (unpaired) electrons. The van der Waals surface area contributed by atoms with Gasteiger partial charge in [-0.25, -0.2) is 9.97 Å². The van der Waals surface area contributed by atoms with E-state index in [9.17, 15) is 0 Å². The van der Waals surface area contributed by atoms with Crippen LogP contribution in [0.4, 0.5) is 5.82 Å². The molecule has 0 bridgehead atoms. The van der Waals surface area contributed by atoms with Crippen LogP contribution in [0, 0.1) is 5.92 Å². The summed E-state index contributed by atoms with van der Waals surface area (Å²) in [6.45, 7) is 6.24. The highest BCUT2D eigenvalue weighted by atomic mass is 32.1. The van der Waals surface area contributed by atoms with E-state index in [0.717, 1.165) is 36.0 Å². The predicted molar refractivity (Wildman–Crippen MR) is 85.4 cm³/mol. The number of hydrogen-bond acceptors (Lipinski definition) is 5. The van der Waals surface area contributed by atoms with E-state index in [1.165, 1.54) is 16.7 Å². The summed E-state index contributed by atoms with van der Waals surface area (Å²) >= 11 is 1.78.